The number of fused-ring (bicyclic) bond motifs is 1. The second-order valence-electron chi connectivity index (χ2n) is 8.40. The molecule has 1 aliphatic rings. The molecule has 0 spiro atoms. The number of anilines is 1. The van der Waals surface area contributed by atoms with Crippen LogP contribution in [0.4, 0.5) is 5.69 Å². The molecule has 0 saturated carbocycles. The zero-order chi connectivity index (χ0) is 26.3. The SMILES string of the molecule is Cc1c(/C=C2\C(=O)NC(=S)N(c3cccc(Cl)c3Cl)C2=O)c2ccccc2n1Cc1ccccc1C#N. The summed E-state index contributed by atoms with van der Waals surface area (Å²) in [6.07, 6.45) is 1.58. The molecule has 6 nitrogen and oxygen atoms in total. The number of halogens is 2. The molecule has 1 fully saturated rings. The van der Waals surface area contributed by atoms with Crippen LogP contribution in [0.2, 0.25) is 10.0 Å². The fourth-order valence-corrected chi connectivity index (χ4v) is 5.12. The third-order valence-electron chi connectivity index (χ3n) is 6.31. The van der Waals surface area contributed by atoms with Crippen molar-refractivity contribution in [1.29, 1.82) is 5.26 Å². The van der Waals surface area contributed by atoms with Crippen molar-refractivity contribution >= 4 is 75.0 Å². The van der Waals surface area contributed by atoms with Crippen molar-refractivity contribution in [3.63, 3.8) is 0 Å². The van der Waals surface area contributed by atoms with Gasteiger partial charge >= 0.3 is 0 Å². The van der Waals surface area contributed by atoms with Crippen molar-refractivity contribution in [1.82, 2.24) is 9.88 Å². The Morgan fingerprint density at radius 2 is 1.76 bits per heavy atom. The minimum Gasteiger partial charge on any atom is -0.340 e. The number of nitriles is 1. The number of amides is 2. The topological polar surface area (TPSA) is 78.1 Å². The molecular formula is C28H18Cl2N4O2S. The molecule has 9 heteroatoms. The highest BCUT2D eigenvalue weighted by atomic mass is 35.5. The van der Waals surface area contributed by atoms with Crippen molar-refractivity contribution in [2.75, 3.05) is 4.90 Å². The molecule has 5 rings (SSSR count). The summed E-state index contributed by atoms with van der Waals surface area (Å²) in [7, 11) is 0. The normalized spacial score (nSPS) is 14.8. The monoisotopic (exact) mass is 544 g/mol. The lowest BCUT2D eigenvalue weighted by Gasteiger charge is -2.29. The molecule has 182 valence electrons. The fraction of sp³-hybridized carbons (Fsp3) is 0.0714. The largest absolute Gasteiger partial charge is 0.340 e. The van der Waals surface area contributed by atoms with Gasteiger partial charge in [-0.2, -0.15) is 5.26 Å². The van der Waals surface area contributed by atoms with Crippen molar-refractivity contribution in [3.8, 4) is 6.07 Å². The number of rotatable bonds is 4. The molecular weight excluding hydrogens is 527 g/mol. The molecule has 1 saturated heterocycles. The first kappa shape index (κ1) is 24.7. The number of nitrogens with zero attached hydrogens (tertiary/aromatic N) is 3. The van der Waals surface area contributed by atoms with Gasteiger partial charge in [0.15, 0.2) is 5.11 Å². The van der Waals surface area contributed by atoms with E-state index in [-0.39, 0.29) is 26.4 Å². The summed E-state index contributed by atoms with van der Waals surface area (Å²) >= 11 is 17.8. The smallest absolute Gasteiger partial charge is 0.270 e. The van der Waals surface area contributed by atoms with Crippen molar-refractivity contribution in [2.45, 2.75) is 13.5 Å². The molecule has 0 unspecified atom stereocenters. The average molecular weight is 545 g/mol. The van der Waals surface area contributed by atoms with Gasteiger partial charge in [0.2, 0.25) is 0 Å². The summed E-state index contributed by atoms with van der Waals surface area (Å²) < 4.78 is 2.07. The van der Waals surface area contributed by atoms with Crippen LogP contribution in [0.3, 0.4) is 0 Å². The predicted molar refractivity (Wildman–Crippen MR) is 150 cm³/mol. The van der Waals surface area contributed by atoms with Crippen molar-refractivity contribution < 1.29 is 9.59 Å². The van der Waals surface area contributed by atoms with Gasteiger partial charge in [-0.05, 0) is 55.0 Å². The van der Waals surface area contributed by atoms with E-state index in [9.17, 15) is 14.9 Å². The van der Waals surface area contributed by atoms with E-state index in [1.165, 1.54) is 4.90 Å². The number of carbonyl (C=O) groups excluding carboxylic acids is 2. The van der Waals surface area contributed by atoms with Crippen LogP contribution in [0.25, 0.3) is 17.0 Å². The van der Waals surface area contributed by atoms with Crippen LogP contribution < -0.4 is 10.2 Å². The zero-order valence-electron chi connectivity index (χ0n) is 19.5. The van der Waals surface area contributed by atoms with Crippen molar-refractivity contribution in [2.24, 2.45) is 0 Å². The molecule has 0 aliphatic carbocycles. The molecule has 0 bridgehead atoms. The third-order valence-corrected chi connectivity index (χ3v) is 7.40. The molecule has 0 radical (unpaired) electrons. The van der Waals surface area contributed by atoms with Crippen LogP contribution in [-0.4, -0.2) is 21.5 Å². The van der Waals surface area contributed by atoms with Crippen LogP contribution in [0.15, 0.2) is 72.3 Å². The highest BCUT2D eigenvalue weighted by Gasteiger charge is 2.36. The molecule has 4 aromatic rings. The van der Waals surface area contributed by atoms with E-state index in [0.717, 1.165) is 22.2 Å². The fourth-order valence-electron chi connectivity index (χ4n) is 4.47. The Morgan fingerprint density at radius 3 is 2.54 bits per heavy atom. The second-order valence-corrected chi connectivity index (χ2v) is 9.57. The first-order valence-electron chi connectivity index (χ1n) is 11.2. The quantitative estimate of drug-likeness (QED) is 0.194. The molecule has 2 heterocycles. The van der Waals surface area contributed by atoms with E-state index in [1.54, 1.807) is 30.3 Å². The minimum atomic E-state index is -0.607. The van der Waals surface area contributed by atoms with E-state index in [0.29, 0.717) is 17.7 Å². The Hall–Kier alpha value is -3.96. The summed E-state index contributed by atoms with van der Waals surface area (Å²) in [6, 6.07) is 22.2. The Balaban J connectivity index is 1.64. The molecule has 37 heavy (non-hydrogen) atoms. The Labute approximate surface area is 228 Å². The maximum atomic E-state index is 13.6. The molecule has 3 aromatic carbocycles. The Bertz CT molecular complexity index is 1700. The highest BCUT2D eigenvalue weighted by molar-refractivity contribution is 7.80. The van der Waals surface area contributed by atoms with Gasteiger partial charge in [0.1, 0.15) is 5.57 Å². The van der Waals surface area contributed by atoms with E-state index >= 15 is 0 Å². The molecule has 1 aromatic heterocycles. The standard InChI is InChI=1S/C28H18Cl2N4O2S/c1-16-20(19-9-4-5-11-23(19)33(16)15-18-8-3-2-7-17(18)14-31)13-21-26(35)32-28(37)34(27(21)36)24-12-6-10-22(29)25(24)30/h2-13H,15H2,1H3,(H,32,35,37)/b21-13+. The number of hydrogen-bond acceptors (Lipinski definition) is 4. The van der Waals surface area contributed by atoms with E-state index in [2.05, 4.69) is 16.0 Å². The lowest BCUT2D eigenvalue weighted by molar-refractivity contribution is -0.122. The number of para-hydroxylation sites is 1. The lowest BCUT2D eigenvalue weighted by Crippen LogP contribution is -2.54. The van der Waals surface area contributed by atoms with Gasteiger partial charge in [0, 0.05) is 28.7 Å². The Kier molecular flexibility index (Phi) is 6.57. The van der Waals surface area contributed by atoms with Crippen LogP contribution in [0.5, 0.6) is 0 Å². The first-order valence-corrected chi connectivity index (χ1v) is 12.4. The van der Waals surface area contributed by atoms with Gasteiger partial charge in [0.25, 0.3) is 11.8 Å². The van der Waals surface area contributed by atoms with Crippen molar-refractivity contribution in [3.05, 3.63) is 105 Å². The van der Waals surface area contributed by atoms with E-state index in [1.807, 2.05) is 49.4 Å². The predicted octanol–water partition coefficient (Wildman–Crippen LogP) is 6.01. The van der Waals surface area contributed by atoms with Crippen LogP contribution in [0, 0.1) is 18.3 Å². The minimum absolute atomic E-state index is 0.0800. The summed E-state index contributed by atoms with van der Waals surface area (Å²) in [5.74, 6) is -1.21. The summed E-state index contributed by atoms with van der Waals surface area (Å²) in [6.45, 7) is 2.37. The average Bonchev–Trinajstić information content (AvgIpc) is 3.15. The number of hydrogen-bond donors (Lipinski definition) is 1. The van der Waals surface area contributed by atoms with Gasteiger partial charge in [-0.3, -0.25) is 19.8 Å². The maximum absolute atomic E-state index is 13.6. The molecule has 2 amide bonds. The van der Waals surface area contributed by atoms with Gasteiger partial charge in [0.05, 0.1) is 27.4 Å². The number of thiocarbonyl (C=S) groups is 1. The van der Waals surface area contributed by atoms with Gasteiger partial charge in [-0.15, -0.1) is 0 Å². The maximum Gasteiger partial charge on any atom is 0.270 e. The Morgan fingerprint density at radius 1 is 1.03 bits per heavy atom. The summed E-state index contributed by atoms with van der Waals surface area (Å²) in [5.41, 5.74) is 4.11. The zero-order valence-corrected chi connectivity index (χ0v) is 21.8. The van der Waals surface area contributed by atoms with Crippen LogP contribution in [-0.2, 0) is 16.1 Å². The number of benzene rings is 3. The highest BCUT2D eigenvalue weighted by Crippen LogP contribution is 2.35. The number of aromatic nitrogens is 1. The summed E-state index contributed by atoms with van der Waals surface area (Å²) in [5, 5.41) is 13.3. The lowest BCUT2D eigenvalue weighted by atomic mass is 10.0. The van der Waals surface area contributed by atoms with E-state index in [4.69, 9.17) is 35.4 Å². The second kappa shape index (κ2) is 9.83. The summed E-state index contributed by atoms with van der Waals surface area (Å²) in [4.78, 5) is 27.7. The molecule has 0 atom stereocenters. The molecule has 1 aliphatic heterocycles. The van der Waals surface area contributed by atoms with E-state index < -0.39 is 11.8 Å². The van der Waals surface area contributed by atoms with Gasteiger partial charge in [-0.1, -0.05) is 65.7 Å². The third kappa shape index (κ3) is 4.30. The molecule has 1 N–H and O–H groups in total. The van der Waals surface area contributed by atoms with Gasteiger partial charge < -0.3 is 4.57 Å². The van der Waals surface area contributed by atoms with Crippen LogP contribution >= 0.6 is 35.4 Å². The number of carbonyl (C=O) groups is 2. The van der Waals surface area contributed by atoms with Gasteiger partial charge in [-0.25, -0.2) is 0 Å². The first-order chi connectivity index (χ1) is 17.8. The number of nitrogens with one attached hydrogen (secondary N) is 1. The van der Waals surface area contributed by atoms with Crippen LogP contribution in [0.1, 0.15) is 22.4 Å².